The van der Waals surface area contributed by atoms with Crippen LogP contribution in [0.3, 0.4) is 0 Å². The van der Waals surface area contributed by atoms with Crippen LogP contribution < -0.4 is 11.4 Å². The van der Waals surface area contributed by atoms with Crippen LogP contribution in [0.15, 0.2) is 29.2 Å². The third-order valence-corrected chi connectivity index (χ3v) is 0.803. The van der Waals surface area contributed by atoms with Crippen LogP contribution in [0, 0.1) is 0 Å². The van der Waals surface area contributed by atoms with Crippen molar-refractivity contribution in [3.63, 3.8) is 0 Å². The first-order chi connectivity index (χ1) is 3.80. The Morgan fingerprint density at radius 2 is 2.25 bits per heavy atom. The zero-order valence-corrected chi connectivity index (χ0v) is 4.11. The van der Waals surface area contributed by atoms with Gasteiger partial charge in [0.1, 0.15) is 0 Å². The Hall–Kier alpha value is -1.25. The van der Waals surface area contributed by atoms with Crippen molar-refractivity contribution in [2.45, 2.75) is 0 Å². The molecule has 0 aliphatic carbocycles. The molecule has 0 aromatic carbocycles. The van der Waals surface area contributed by atoms with Gasteiger partial charge in [-0.05, 0) is 11.9 Å². The highest BCUT2D eigenvalue weighted by atomic mass is 16.1. The molecule has 0 N–H and O–H groups in total. The fourth-order valence-electron chi connectivity index (χ4n) is 0.419. The maximum absolute atomic E-state index is 10.3. The highest BCUT2D eigenvalue weighted by Gasteiger charge is 1.83. The van der Waals surface area contributed by atoms with E-state index in [2.05, 4.69) is 0 Å². The molecule has 0 unspecified atom stereocenters. The molecule has 0 amide bonds. The van der Waals surface area contributed by atoms with E-state index in [1.165, 1.54) is 12.3 Å². The topological polar surface area (TPSA) is 44.3 Å². The van der Waals surface area contributed by atoms with Crippen molar-refractivity contribution in [2.24, 2.45) is 0 Å². The second kappa shape index (κ2) is 1.69. The molecule has 1 aromatic heterocycles. The lowest BCUT2D eigenvalue weighted by molar-refractivity contribution is 0.791. The predicted molar refractivity (Wildman–Crippen MR) is 28.2 cm³/mol. The number of pyridine rings is 1. The highest BCUT2D eigenvalue weighted by Crippen LogP contribution is 1.71. The lowest BCUT2D eigenvalue weighted by Gasteiger charge is -1.84. The predicted octanol–water partition coefficient (Wildman–Crippen LogP) is -0.320. The summed E-state index contributed by atoms with van der Waals surface area (Å²) in [5.74, 6) is 8.52. The molecule has 0 atom stereocenters. The fourth-order valence-corrected chi connectivity index (χ4v) is 0.419. The molecule has 40 valence electrons. The van der Waals surface area contributed by atoms with Crippen LogP contribution >= 0.6 is 0 Å². The van der Waals surface area contributed by atoms with Crippen LogP contribution in [0.4, 0.5) is 0 Å². The quantitative estimate of drug-likeness (QED) is 0.449. The monoisotopic (exact) mass is 108 g/mol. The lowest BCUT2D eigenvalue weighted by Crippen LogP contribution is -2.15. The molecular weight excluding hydrogens is 104 g/mol. The maximum Gasteiger partial charge on any atom is 0.272 e. The fraction of sp³-hybridized carbons (Fsp3) is 0. The van der Waals surface area contributed by atoms with Crippen LogP contribution in [-0.2, 0) is 0 Å². The van der Waals surface area contributed by atoms with Crippen LogP contribution in [0.2, 0.25) is 0 Å². The molecule has 1 rings (SSSR count). The van der Waals surface area contributed by atoms with Crippen molar-refractivity contribution >= 4 is 0 Å². The molecular formula is C5H4N2O. The number of hydrogen-bond donors (Lipinski definition) is 0. The van der Waals surface area contributed by atoms with Gasteiger partial charge in [-0.15, -0.1) is 0 Å². The second-order valence-corrected chi connectivity index (χ2v) is 1.38. The van der Waals surface area contributed by atoms with E-state index in [0.29, 0.717) is 4.68 Å². The van der Waals surface area contributed by atoms with E-state index in [1.807, 2.05) is 0 Å². The SMILES string of the molecule is [N]n1ccccc1=O. The number of hydrogen-bond acceptors (Lipinski definition) is 1. The normalized spacial score (nSPS) is 9.00. The summed E-state index contributed by atoms with van der Waals surface area (Å²) in [4.78, 5) is 10.3. The average Bonchev–Trinajstić information content (AvgIpc) is 1.77. The third-order valence-electron chi connectivity index (χ3n) is 0.803. The van der Waals surface area contributed by atoms with Crippen molar-refractivity contribution in [1.82, 2.24) is 10.5 Å². The van der Waals surface area contributed by atoms with Gasteiger partial charge in [-0.1, -0.05) is 6.07 Å². The van der Waals surface area contributed by atoms with Crippen molar-refractivity contribution < 1.29 is 0 Å². The van der Waals surface area contributed by atoms with Gasteiger partial charge in [-0.25, -0.2) is 0 Å². The smallest absolute Gasteiger partial charge is 0.267 e. The van der Waals surface area contributed by atoms with E-state index in [4.69, 9.17) is 5.84 Å². The first-order valence-electron chi connectivity index (χ1n) is 2.17. The van der Waals surface area contributed by atoms with Gasteiger partial charge in [0.05, 0.1) is 0 Å². The van der Waals surface area contributed by atoms with E-state index in [-0.39, 0.29) is 0 Å². The number of nitrogens with zero attached hydrogens (tertiary/aromatic N) is 2. The summed E-state index contributed by atoms with van der Waals surface area (Å²) in [5, 5.41) is 0. The summed E-state index contributed by atoms with van der Waals surface area (Å²) < 4.78 is 0.528. The summed E-state index contributed by atoms with van der Waals surface area (Å²) in [7, 11) is 0. The van der Waals surface area contributed by atoms with Gasteiger partial charge in [-0.2, -0.15) is 4.68 Å². The van der Waals surface area contributed by atoms with Gasteiger partial charge in [0.25, 0.3) is 5.56 Å². The van der Waals surface area contributed by atoms with Crippen LogP contribution in [0.1, 0.15) is 0 Å². The Labute approximate surface area is 46.3 Å². The minimum Gasteiger partial charge on any atom is -0.267 e. The minimum absolute atomic E-state index is 0.410. The molecule has 0 spiro atoms. The molecule has 1 heterocycles. The lowest BCUT2D eigenvalue weighted by atomic mass is 10.5. The van der Waals surface area contributed by atoms with Crippen molar-refractivity contribution in [2.75, 3.05) is 0 Å². The Bertz CT molecular complexity index is 228. The van der Waals surface area contributed by atoms with Crippen LogP contribution in [0.5, 0.6) is 0 Å². The first kappa shape index (κ1) is 4.90. The van der Waals surface area contributed by atoms with E-state index >= 15 is 0 Å². The second-order valence-electron chi connectivity index (χ2n) is 1.38. The summed E-state index contributed by atoms with van der Waals surface area (Å²) in [6, 6.07) is 4.41. The summed E-state index contributed by atoms with van der Waals surface area (Å²) in [6.07, 6.45) is 1.28. The Morgan fingerprint density at radius 3 is 2.62 bits per heavy atom. The van der Waals surface area contributed by atoms with Gasteiger partial charge < -0.3 is 0 Å². The van der Waals surface area contributed by atoms with Crippen molar-refractivity contribution in [3.8, 4) is 0 Å². The van der Waals surface area contributed by atoms with E-state index in [0.717, 1.165) is 0 Å². The summed E-state index contributed by atoms with van der Waals surface area (Å²) in [5.41, 5.74) is -0.410. The van der Waals surface area contributed by atoms with Crippen molar-refractivity contribution in [3.05, 3.63) is 34.7 Å². The molecule has 0 saturated heterocycles. The number of aromatic nitrogens is 1. The highest BCUT2D eigenvalue weighted by molar-refractivity contribution is 4.91. The molecule has 3 nitrogen and oxygen atoms in total. The molecule has 0 bridgehead atoms. The molecule has 1 aromatic rings. The van der Waals surface area contributed by atoms with Crippen molar-refractivity contribution in [1.29, 1.82) is 0 Å². The first-order valence-corrected chi connectivity index (χ1v) is 2.17. The Balaban J connectivity index is 3.35. The number of rotatable bonds is 0. The van der Waals surface area contributed by atoms with Gasteiger partial charge in [0.2, 0.25) is 0 Å². The molecule has 8 heavy (non-hydrogen) atoms. The van der Waals surface area contributed by atoms with Gasteiger partial charge in [0, 0.05) is 12.3 Å². The molecule has 0 saturated carbocycles. The molecule has 0 aliphatic rings. The zero-order chi connectivity index (χ0) is 5.98. The van der Waals surface area contributed by atoms with E-state index < -0.39 is 5.56 Å². The summed E-state index contributed by atoms with van der Waals surface area (Å²) >= 11 is 0. The van der Waals surface area contributed by atoms with Crippen LogP contribution in [0.25, 0.3) is 0 Å². The standard InChI is InChI=1S/C5H4N2O/c6-7-4-2-1-3-5(7)8/h1-4H. The van der Waals surface area contributed by atoms with E-state index in [1.54, 1.807) is 12.1 Å². The molecule has 3 heteroatoms. The van der Waals surface area contributed by atoms with Gasteiger partial charge >= 0.3 is 0 Å². The zero-order valence-electron chi connectivity index (χ0n) is 4.11. The van der Waals surface area contributed by atoms with Gasteiger partial charge in [0.15, 0.2) is 0 Å². The van der Waals surface area contributed by atoms with Gasteiger partial charge in [-0.3, -0.25) is 4.79 Å². The summed E-state index contributed by atoms with van der Waals surface area (Å²) in [6.45, 7) is 0. The Kier molecular flexibility index (Phi) is 1.04. The van der Waals surface area contributed by atoms with E-state index in [9.17, 15) is 4.79 Å². The molecule has 2 radical (unpaired) electrons. The largest absolute Gasteiger partial charge is 0.272 e. The Morgan fingerprint density at radius 1 is 1.50 bits per heavy atom. The maximum atomic E-state index is 10.3. The van der Waals surface area contributed by atoms with Crippen LogP contribution in [-0.4, -0.2) is 4.68 Å². The third kappa shape index (κ3) is 0.703. The molecule has 0 aliphatic heterocycles. The minimum atomic E-state index is -0.410. The average molecular weight is 108 g/mol. The molecule has 0 fully saturated rings.